The number of fused-ring (bicyclic) bond motifs is 3. The van der Waals surface area contributed by atoms with Gasteiger partial charge in [0.15, 0.2) is 0 Å². The lowest BCUT2D eigenvalue weighted by Crippen LogP contribution is -2.38. The van der Waals surface area contributed by atoms with Crippen molar-refractivity contribution in [2.24, 2.45) is 0 Å². The first kappa shape index (κ1) is 21.2. The molecule has 0 aromatic heterocycles. The molecule has 2 aromatic carbocycles. The lowest BCUT2D eigenvalue weighted by Gasteiger charge is -2.31. The molecule has 0 saturated carbocycles. The molecule has 162 valence electrons. The van der Waals surface area contributed by atoms with Crippen molar-refractivity contribution in [3.8, 4) is 6.07 Å². The van der Waals surface area contributed by atoms with Gasteiger partial charge in [0.2, 0.25) is 5.91 Å². The second kappa shape index (κ2) is 8.61. The van der Waals surface area contributed by atoms with Crippen LogP contribution < -0.4 is 20.4 Å². The van der Waals surface area contributed by atoms with Crippen molar-refractivity contribution in [2.45, 2.75) is 20.0 Å². The Hall–Kier alpha value is -4.02. The number of aliphatic hydroxyl groups excluding tert-OH is 1. The molecule has 2 heterocycles. The van der Waals surface area contributed by atoms with Crippen LogP contribution in [-0.2, 0) is 4.79 Å². The van der Waals surface area contributed by atoms with Gasteiger partial charge in [0.1, 0.15) is 11.9 Å². The van der Waals surface area contributed by atoms with E-state index in [-0.39, 0.29) is 5.91 Å². The zero-order valence-corrected chi connectivity index (χ0v) is 18.1. The summed E-state index contributed by atoms with van der Waals surface area (Å²) < 4.78 is 0. The number of carbonyl (C=O) groups excluding carboxylic acids is 1. The highest BCUT2D eigenvalue weighted by Crippen LogP contribution is 2.47. The van der Waals surface area contributed by atoms with Crippen molar-refractivity contribution >= 4 is 28.7 Å². The summed E-state index contributed by atoms with van der Waals surface area (Å²) in [6.45, 7) is 8.17. The molecule has 0 fully saturated rings. The van der Waals surface area contributed by atoms with E-state index in [2.05, 4.69) is 23.3 Å². The Bertz CT molecular complexity index is 1170. The third-order valence-electron chi connectivity index (χ3n) is 5.42. The highest BCUT2D eigenvalue weighted by Gasteiger charge is 2.38. The van der Waals surface area contributed by atoms with E-state index in [1.165, 1.54) is 6.92 Å². The van der Waals surface area contributed by atoms with Gasteiger partial charge in [-0.05, 0) is 55.0 Å². The molecule has 1 unspecified atom stereocenters. The smallest absolute Gasteiger partial charge is 0.221 e. The van der Waals surface area contributed by atoms with Gasteiger partial charge in [-0.2, -0.15) is 5.26 Å². The van der Waals surface area contributed by atoms with Gasteiger partial charge in [-0.25, -0.2) is 0 Å². The molecule has 0 saturated heterocycles. The average molecular weight is 428 g/mol. The SMILES string of the molecule is C=C1C=C(C)C(C#N)=C2N(CC(O)CNc3ccc(NC(C)=O)cc3)c3ccccc3N12. The first-order chi connectivity index (χ1) is 15.4. The summed E-state index contributed by atoms with van der Waals surface area (Å²) in [5.74, 6) is 0.611. The third kappa shape index (κ3) is 3.96. The van der Waals surface area contributed by atoms with E-state index in [1.54, 1.807) is 12.1 Å². The minimum atomic E-state index is -0.704. The molecule has 0 spiro atoms. The fraction of sp³-hybridized carbons (Fsp3) is 0.200. The van der Waals surface area contributed by atoms with Gasteiger partial charge in [0, 0.05) is 30.5 Å². The molecule has 0 aliphatic carbocycles. The minimum Gasteiger partial charge on any atom is -0.389 e. The number of nitrogens with zero attached hydrogens (tertiary/aromatic N) is 3. The molecular formula is C25H25N5O2. The number of nitrogens with one attached hydrogen (secondary N) is 2. The monoisotopic (exact) mass is 427 g/mol. The van der Waals surface area contributed by atoms with Gasteiger partial charge in [-0.15, -0.1) is 0 Å². The number of benzene rings is 2. The summed E-state index contributed by atoms with van der Waals surface area (Å²) in [6.07, 6.45) is 1.20. The molecule has 0 radical (unpaired) electrons. The Balaban J connectivity index is 1.52. The maximum Gasteiger partial charge on any atom is 0.221 e. The van der Waals surface area contributed by atoms with Gasteiger partial charge in [0.05, 0.1) is 29.6 Å². The first-order valence-corrected chi connectivity index (χ1v) is 10.4. The maximum absolute atomic E-state index is 11.2. The summed E-state index contributed by atoms with van der Waals surface area (Å²) in [6, 6.07) is 17.5. The number of allylic oxidation sites excluding steroid dienone is 3. The number of anilines is 4. The summed E-state index contributed by atoms with van der Waals surface area (Å²) in [5.41, 5.74) is 5.64. The number of aliphatic hydroxyl groups is 1. The predicted octanol–water partition coefficient (Wildman–Crippen LogP) is 3.95. The lowest BCUT2D eigenvalue weighted by molar-refractivity contribution is -0.114. The fourth-order valence-corrected chi connectivity index (χ4v) is 4.04. The molecule has 2 aliphatic heterocycles. The molecule has 1 atom stereocenters. The Morgan fingerprint density at radius 3 is 2.47 bits per heavy atom. The number of hydrogen-bond donors (Lipinski definition) is 3. The first-order valence-electron chi connectivity index (χ1n) is 10.4. The average Bonchev–Trinajstić information content (AvgIpc) is 3.08. The van der Waals surface area contributed by atoms with Gasteiger partial charge in [0.25, 0.3) is 0 Å². The molecule has 3 N–H and O–H groups in total. The van der Waals surface area contributed by atoms with Crippen LogP contribution in [0.1, 0.15) is 13.8 Å². The molecule has 7 nitrogen and oxygen atoms in total. The molecule has 32 heavy (non-hydrogen) atoms. The zero-order valence-electron chi connectivity index (χ0n) is 18.1. The zero-order chi connectivity index (χ0) is 22.8. The highest BCUT2D eigenvalue weighted by atomic mass is 16.3. The third-order valence-corrected chi connectivity index (χ3v) is 5.42. The van der Waals surface area contributed by atoms with E-state index in [0.717, 1.165) is 34.2 Å². The van der Waals surface area contributed by atoms with Crippen LogP contribution in [0.2, 0.25) is 0 Å². The molecule has 0 bridgehead atoms. The molecule has 2 aromatic rings. The van der Waals surface area contributed by atoms with Crippen LogP contribution in [0.3, 0.4) is 0 Å². The van der Waals surface area contributed by atoms with Gasteiger partial charge >= 0.3 is 0 Å². The van der Waals surface area contributed by atoms with E-state index >= 15 is 0 Å². The van der Waals surface area contributed by atoms with Crippen LogP contribution in [0.5, 0.6) is 0 Å². The van der Waals surface area contributed by atoms with Crippen molar-refractivity contribution < 1.29 is 9.90 Å². The number of nitriles is 1. The van der Waals surface area contributed by atoms with Crippen LogP contribution in [0.15, 0.2) is 83.9 Å². The summed E-state index contributed by atoms with van der Waals surface area (Å²) in [7, 11) is 0. The molecular weight excluding hydrogens is 402 g/mol. The summed E-state index contributed by atoms with van der Waals surface area (Å²) in [5, 5.41) is 26.6. The second-order valence-corrected chi connectivity index (χ2v) is 7.86. The van der Waals surface area contributed by atoms with E-state index in [9.17, 15) is 15.2 Å². The minimum absolute atomic E-state index is 0.123. The van der Waals surface area contributed by atoms with E-state index in [1.807, 2.05) is 59.2 Å². The number of β-amino-alcohol motifs (C(OH)–C–C–N with tert-alkyl or cyclic N) is 1. The Labute approximate surface area is 187 Å². The molecule has 2 aliphatic rings. The van der Waals surface area contributed by atoms with Crippen molar-refractivity contribution in [3.05, 3.63) is 83.9 Å². The lowest BCUT2D eigenvalue weighted by atomic mass is 10.0. The van der Waals surface area contributed by atoms with Crippen molar-refractivity contribution in [3.63, 3.8) is 0 Å². The van der Waals surface area contributed by atoms with Crippen molar-refractivity contribution in [1.82, 2.24) is 0 Å². The van der Waals surface area contributed by atoms with Crippen LogP contribution >= 0.6 is 0 Å². The number of carbonyl (C=O) groups is 1. The van der Waals surface area contributed by atoms with E-state index in [0.29, 0.717) is 24.4 Å². The number of rotatable bonds is 6. The van der Waals surface area contributed by atoms with Crippen LogP contribution in [0, 0.1) is 11.3 Å². The quantitative estimate of drug-likeness (QED) is 0.647. The summed E-state index contributed by atoms with van der Waals surface area (Å²) >= 11 is 0. The van der Waals surface area contributed by atoms with Crippen LogP contribution in [0.25, 0.3) is 0 Å². The van der Waals surface area contributed by atoms with Gasteiger partial charge in [-0.3, -0.25) is 9.69 Å². The van der Waals surface area contributed by atoms with Crippen LogP contribution in [-0.4, -0.2) is 30.2 Å². The maximum atomic E-state index is 11.2. The van der Waals surface area contributed by atoms with E-state index in [4.69, 9.17) is 0 Å². The second-order valence-electron chi connectivity index (χ2n) is 7.86. The highest BCUT2D eigenvalue weighted by molar-refractivity contribution is 5.89. The number of amides is 1. The fourth-order valence-electron chi connectivity index (χ4n) is 4.04. The summed E-state index contributed by atoms with van der Waals surface area (Å²) in [4.78, 5) is 15.1. The molecule has 1 amide bonds. The Morgan fingerprint density at radius 2 is 1.81 bits per heavy atom. The topological polar surface area (TPSA) is 91.6 Å². The largest absolute Gasteiger partial charge is 0.389 e. The molecule has 7 heteroatoms. The molecule has 4 rings (SSSR count). The van der Waals surface area contributed by atoms with Gasteiger partial charge < -0.3 is 20.6 Å². The Morgan fingerprint density at radius 1 is 1.16 bits per heavy atom. The number of hydrogen-bond acceptors (Lipinski definition) is 6. The predicted molar refractivity (Wildman–Crippen MR) is 127 cm³/mol. The normalized spacial score (nSPS) is 15.6. The standard InChI is InChI=1S/C25H25N5O2/c1-16-12-17(2)30-24-7-5-4-6-23(24)29(25(30)22(16)13-26)15-21(32)14-27-19-8-10-20(11-9-19)28-18(3)31/h4-12,21,27,32H,2,14-15H2,1,3H3,(H,28,31). The van der Waals surface area contributed by atoms with E-state index < -0.39 is 6.10 Å². The van der Waals surface area contributed by atoms with Crippen LogP contribution in [0.4, 0.5) is 22.7 Å². The van der Waals surface area contributed by atoms with Crippen molar-refractivity contribution in [1.29, 1.82) is 5.26 Å². The Kier molecular flexibility index (Phi) is 5.71. The number of para-hydroxylation sites is 2. The van der Waals surface area contributed by atoms with Crippen molar-refractivity contribution in [2.75, 3.05) is 33.5 Å². The van der Waals surface area contributed by atoms with Gasteiger partial charge in [-0.1, -0.05) is 18.7 Å².